The van der Waals surface area contributed by atoms with Gasteiger partial charge in [-0.1, -0.05) is 49.8 Å². The first-order valence-corrected chi connectivity index (χ1v) is 11.9. The van der Waals surface area contributed by atoms with Gasteiger partial charge in [0.25, 0.3) is 0 Å². The second-order valence-corrected chi connectivity index (χ2v) is 9.03. The average molecular weight is 469 g/mol. The highest BCUT2D eigenvalue weighted by atomic mass is 16.5. The monoisotopic (exact) mass is 468 g/mol. The fourth-order valence-corrected chi connectivity index (χ4v) is 4.45. The van der Waals surface area contributed by atoms with Gasteiger partial charge in [-0.05, 0) is 19.4 Å². The van der Waals surface area contributed by atoms with Crippen LogP contribution in [0.4, 0.5) is 4.79 Å². The van der Waals surface area contributed by atoms with Crippen molar-refractivity contribution in [3.8, 4) is 0 Å². The minimum Gasteiger partial charge on any atom is -0.463 e. The maximum absolute atomic E-state index is 13.2. The second kappa shape index (κ2) is 11.3. The Kier molecular flexibility index (Phi) is 8.50. The molecule has 1 saturated heterocycles. The van der Waals surface area contributed by atoms with Crippen LogP contribution in [0.2, 0.25) is 0 Å². The van der Waals surface area contributed by atoms with Crippen molar-refractivity contribution >= 4 is 17.9 Å². The molecule has 0 aromatic heterocycles. The highest BCUT2D eigenvalue weighted by molar-refractivity contribution is 5.95. The number of esters is 1. The summed E-state index contributed by atoms with van der Waals surface area (Å²) >= 11 is 0. The number of benzene rings is 1. The summed E-state index contributed by atoms with van der Waals surface area (Å²) in [5, 5.41) is 2.99. The fourth-order valence-electron chi connectivity index (χ4n) is 4.45. The van der Waals surface area contributed by atoms with Crippen LogP contribution in [0.1, 0.15) is 37.9 Å². The molecule has 0 bridgehead atoms. The normalized spacial score (nSPS) is 19.3. The summed E-state index contributed by atoms with van der Waals surface area (Å²) in [7, 11) is 0. The van der Waals surface area contributed by atoms with E-state index in [0.717, 1.165) is 11.1 Å². The van der Waals surface area contributed by atoms with Gasteiger partial charge < -0.3 is 15.0 Å². The second-order valence-electron chi connectivity index (χ2n) is 9.03. The van der Waals surface area contributed by atoms with Gasteiger partial charge in [0.2, 0.25) is 5.91 Å². The maximum Gasteiger partial charge on any atom is 0.338 e. The summed E-state index contributed by atoms with van der Waals surface area (Å²) in [6, 6.07) is 6.90. The molecule has 1 atom stereocenters. The third-order valence-corrected chi connectivity index (χ3v) is 6.17. The standard InChI is InChI=1S/C26H36N4O4/c1-6-11-30-21(17-28-12-14-29(15-13-28)24(31)18(3)4)22(25(32)34-7-2)23(27-26(30)33)20-10-8-9-19(5)16-20/h6,8-10,16,18,23H,1,7,11-15,17H2,2-5H3,(H,27,33). The quantitative estimate of drug-likeness (QED) is 0.469. The Bertz CT molecular complexity index is 963. The van der Waals surface area contributed by atoms with E-state index in [0.29, 0.717) is 44.0 Å². The predicted molar refractivity (Wildman–Crippen MR) is 131 cm³/mol. The van der Waals surface area contributed by atoms with E-state index >= 15 is 0 Å². The molecule has 3 amide bonds. The van der Waals surface area contributed by atoms with Crippen LogP contribution in [0.15, 0.2) is 48.2 Å². The largest absolute Gasteiger partial charge is 0.463 e. The SMILES string of the molecule is C=CCN1C(=O)NC(c2cccc(C)c2)C(C(=O)OCC)=C1CN1CCN(C(=O)C(C)C)CC1. The van der Waals surface area contributed by atoms with E-state index < -0.39 is 12.0 Å². The lowest BCUT2D eigenvalue weighted by Crippen LogP contribution is -2.54. The number of hydrogen-bond donors (Lipinski definition) is 1. The Hall–Kier alpha value is -3.13. The van der Waals surface area contributed by atoms with Crippen molar-refractivity contribution in [2.75, 3.05) is 45.9 Å². The third kappa shape index (κ3) is 5.67. The molecule has 3 rings (SSSR count). The van der Waals surface area contributed by atoms with Gasteiger partial charge in [-0.2, -0.15) is 0 Å². The smallest absolute Gasteiger partial charge is 0.338 e. The number of carbonyl (C=O) groups is 3. The number of ether oxygens (including phenoxy) is 1. The average Bonchev–Trinajstić information content (AvgIpc) is 2.81. The molecule has 34 heavy (non-hydrogen) atoms. The molecule has 1 aromatic carbocycles. The highest BCUT2D eigenvalue weighted by Gasteiger charge is 2.39. The first-order valence-electron chi connectivity index (χ1n) is 11.9. The van der Waals surface area contributed by atoms with Gasteiger partial charge in [0.1, 0.15) is 0 Å². The maximum atomic E-state index is 13.2. The lowest BCUT2D eigenvalue weighted by molar-refractivity contribution is -0.139. The van der Waals surface area contributed by atoms with E-state index in [4.69, 9.17) is 4.74 Å². The molecule has 8 heteroatoms. The molecule has 8 nitrogen and oxygen atoms in total. The Morgan fingerprint density at radius 3 is 2.53 bits per heavy atom. The Morgan fingerprint density at radius 2 is 1.94 bits per heavy atom. The van der Waals surface area contributed by atoms with Crippen LogP contribution >= 0.6 is 0 Å². The van der Waals surface area contributed by atoms with Gasteiger partial charge in [0, 0.05) is 50.9 Å². The topological polar surface area (TPSA) is 82.2 Å². The van der Waals surface area contributed by atoms with Crippen molar-refractivity contribution in [2.24, 2.45) is 5.92 Å². The van der Waals surface area contributed by atoms with Gasteiger partial charge in [0.15, 0.2) is 0 Å². The van der Waals surface area contributed by atoms with Crippen LogP contribution in [0, 0.1) is 12.8 Å². The van der Waals surface area contributed by atoms with Crippen LogP contribution in [0.25, 0.3) is 0 Å². The van der Waals surface area contributed by atoms with Gasteiger partial charge in [-0.15, -0.1) is 6.58 Å². The van der Waals surface area contributed by atoms with Crippen LogP contribution in [0.5, 0.6) is 0 Å². The summed E-state index contributed by atoms with van der Waals surface area (Å²) in [6.45, 7) is 14.8. The summed E-state index contributed by atoms with van der Waals surface area (Å²) < 4.78 is 5.45. The molecule has 0 saturated carbocycles. The molecule has 2 aliphatic heterocycles. The number of piperazine rings is 1. The van der Waals surface area contributed by atoms with Gasteiger partial charge >= 0.3 is 12.0 Å². The summed E-state index contributed by atoms with van der Waals surface area (Å²) in [5.41, 5.74) is 2.93. The molecule has 1 aromatic rings. The van der Waals surface area contributed by atoms with Crippen molar-refractivity contribution in [1.29, 1.82) is 0 Å². The molecule has 1 fully saturated rings. The first kappa shape index (κ1) is 25.5. The van der Waals surface area contributed by atoms with Crippen molar-refractivity contribution in [1.82, 2.24) is 20.0 Å². The molecule has 0 aliphatic carbocycles. The molecule has 184 valence electrons. The first-order chi connectivity index (χ1) is 16.3. The van der Waals surface area contributed by atoms with E-state index in [1.165, 1.54) is 0 Å². The number of carbonyl (C=O) groups excluding carboxylic acids is 3. The summed E-state index contributed by atoms with van der Waals surface area (Å²) in [5.74, 6) is -0.326. The van der Waals surface area contributed by atoms with E-state index in [1.54, 1.807) is 17.9 Å². The highest BCUT2D eigenvalue weighted by Crippen LogP contribution is 2.32. The lowest BCUT2D eigenvalue weighted by atomic mass is 9.93. The fraction of sp³-hybridized carbons (Fsp3) is 0.500. The molecule has 0 radical (unpaired) electrons. The summed E-state index contributed by atoms with van der Waals surface area (Å²) in [4.78, 5) is 44.4. The van der Waals surface area contributed by atoms with Crippen molar-refractivity contribution in [3.63, 3.8) is 0 Å². The van der Waals surface area contributed by atoms with Gasteiger partial charge in [0.05, 0.1) is 18.2 Å². The van der Waals surface area contributed by atoms with Crippen LogP contribution in [-0.4, -0.2) is 78.5 Å². The Morgan fingerprint density at radius 1 is 1.24 bits per heavy atom. The number of aryl methyl sites for hydroxylation is 1. The zero-order chi connectivity index (χ0) is 24.8. The number of nitrogens with one attached hydrogen (secondary N) is 1. The van der Waals surface area contributed by atoms with E-state index in [9.17, 15) is 14.4 Å². The molecular weight excluding hydrogens is 432 g/mol. The molecule has 1 unspecified atom stereocenters. The molecule has 1 N–H and O–H groups in total. The molecule has 0 spiro atoms. The predicted octanol–water partition coefficient (Wildman–Crippen LogP) is 2.86. The van der Waals surface area contributed by atoms with Crippen LogP contribution < -0.4 is 5.32 Å². The number of hydrogen-bond acceptors (Lipinski definition) is 5. The zero-order valence-corrected chi connectivity index (χ0v) is 20.7. The minimum absolute atomic E-state index is 0.0371. The molecule has 2 aliphatic rings. The molecule has 2 heterocycles. The summed E-state index contributed by atoms with van der Waals surface area (Å²) in [6.07, 6.45) is 1.65. The van der Waals surface area contributed by atoms with Crippen LogP contribution in [0.3, 0.4) is 0 Å². The minimum atomic E-state index is -0.605. The number of amides is 3. The number of nitrogens with zero attached hydrogens (tertiary/aromatic N) is 3. The van der Waals surface area contributed by atoms with E-state index in [1.807, 2.05) is 49.9 Å². The van der Waals surface area contributed by atoms with Crippen molar-refractivity contribution < 1.29 is 19.1 Å². The Balaban J connectivity index is 1.98. The third-order valence-electron chi connectivity index (χ3n) is 6.17. The Labute approximate surface area is 202 Å². The van der Waals surface area contributed by atoms with Crippen LogP contribution in [-0.2, 0) is 14.3 Å². The van der Waals surface area contributed by atoms with E-state index in [-0.39, 0.29) is 31.0 Å². The zero-order valence-electron chi connectivity index (χ0n) is 20.7. The van der Waals surface area contributed by atoms with Crippen molar-refractivity contribution in [3.05, 3.63) is 59.3 Å². The van der Waals surface area contributed by atoms with Gasteiger partial charge in [-0.25, -0.2) is 9.59 Å². The van der Waals surface area contributed by atoms with E-state index in [2.05, 4.69) is 16.8 Å². The number of urea groups is 1. The number of rotatable bonds is 8. The molecular formula is C26H36N4O4. The van der Waals surface area contributed by atoms with Gasteiger partial charge in [-0.3, -0.25) is 14.6 Å². The lowest BCUT2D eigenvalue weighted by Gasteiger charge is -2.40. The van der Waals surface area contributed by atoms with Crippen molar-refractivity contribution in [2.45, 2.75) is 33.7 Å².